The number of hydrogen-bond acceptors (Lipinski definition) is 5. The molecule has 3 heterocycles. The average Bonchev–Trinajstić information content (AvgIpc) is 3.31. The van der Waals surface area contributed by atoms with Crippen molar-refractivity contribution in [1.82, 2.24) is 9.88 Å². The van der Waals surface area contributed by atoms with Crippen molar-refractivity contribution in [3.8, 4) is 17.2 Å². The van der Waals surface area contributed by atoms with Gasteiger partial charge in [0, 0.05) is 16.6 Å². The van der Waals surface area contributed by atoms with Crippen LogP contribution >= 0.6 is 0 Å². The molecule has 0 spiro atoms. The van der Waals surface area contributed by atoms with Gasteiger partial charge in [-0.15, -0.1) is 0 Å². The summed E-state index contributed by atoms with van der Waals surface area (Å²) in [6.07, 6.45) is 0.439. The summed E-state index contributed by atoms with van der Waals surface area (Å²) in [6.45, 7) is 0.388. The number of H-pyrrole nitrogens is 1. The molecule has 2 atom stereocenters. The van der Waals surface area contributed by atoms with Gasteiger partial charge < -0.3 is 23.9 Å². The normalized spacial score (nSPS) is 20.2. The molecular formula is C22H22N2O5. The van der Waals surface area contributed by atoms with Gasteiger partial charge in [-0.2, -0.15) is 0 Å². The van der Waals surface area contributed by atoms with E-state index in [9.17, 15) is 4.79 Å². The van der Waals surface area contributed by atoms with Crippen molar-refractivity contribution in [3.63, 3.8) is 0 Å². The topological polar surface area (TPSA) is 73.0 Å². The van der Waals surface area contributed by atoms with E-state index >= 15 is 0 Å². The van der Waals surface area contributed by atoms with Crippen LogP contribution in [0.15, 0.2) is 36.4 Å². The predicted molar refractivity (Wildman–Crippen MR) is 107 cm³/mol. The Balaban J connectivity index is 1.72. The Labute approximate surface area is 168 Å². The summed E-state index contributed by atoms with van der Waals surface area (Å²) < 4.78 is 21.7. The maximum absolute atomic E-state index is 12.6. The third-order valence-corrected chi connectivity index (χ3v) is 5.86. The van der Waals surface area contributed by atoms with Crippen LogP contribution in [0.3, 0.4) is 0 Å². The summed E-state index contributed by atoms with van der Waals surface area (Å²) in [6, 6.07) is 11.4. The number of aromatic nitrogens is 1. The molecule has 2 unspecified atom stereocenters. The zero-order valence-corrected chi connectivity index (χ0v) is 16.5. The summed E-state index contributed by atoms with van der Waals surface area (Å²) in [5.41, 5.74) is 4.15. The molecule has 1 amide bonds. The third kappa shape index (κ3) is 2.61. The first-order chi connectivity index (χ1) is 14.1. The third-order valence-electron chi connectivity index (χ3n) is 5.86. The minimum absolute atomic E-state index is 0.0155. The summed E-state index contributed by atoms with van der Waals surface area (Å²) in [7, 11) is 4.88. The number of ether oxygens (including phenoxy) is 4. The molecule has 1 N–H and O–H groups in total. The second-order valence-electron chi connectivity index (χ2n) is 7.29. The number of rotatable bonds is 4. The van der Waals surface area contributed by atoms with Gasteiger partial charge in [0.1, 0.15) is 18.4 Å². The summed E-state index contributed by atoms with van der Waals surface area (Å²) >= 11 is 0. The molecule has 7 heteroatoms. The highest BCUT2D eigenvalue weighted by atomic mass is 16.6. The molecule has 2 aliphatic rings. The number of hydrogen-bond donors (Lipinski definition) is 1. The molecule has 3 aromatic rings. The van der Waals surface area contributed by atoms with Gasteiger partial charge in [0.05, 0.1) is 27.4 Å². The van der Waals surface area contributed by atoms with Gasteiger partial charge in [-0.3, -0.25) is 4.90 Å². The van der Waals surface area contributed by atoms with Gasteiger partial charge in [-0.25, -0.2) is 4.79 Å². The van der Waals surface area contributed by atoms with Crippen LogP contribution in [-0.4, -0.2) is 50.0 Å². The monoisotopic (exact) mass is 394 g/mol. The van der Waals surface area contributed by atoms with E-state index in [0.717, 1.165) is 34.3 Å². The molecule has 1 aromatic heterocycles. The zero-order chi connectivity index (χ0) is 20.1. The molecule has 2 aromatic carbocycles. The summed E-state index contributed by atoms with van der Waals surface area (Å²) in [5, 5.41) is 1.11. The van der Waals surface area contributed by atoms with E-state index < -0.39 is 0 Å². The molecule has 7 nitrogen and oxygen atoms in total. The fourth-order valence-electron chi connectivity index (χ4n) is 4.50. The lowest BCUT2D eigenvalue weighted by Crippen LogP contribution is -2.42. The van der Waals surface area contributed by atoms with Crippen molar-refractivity contribution in [2.45, 2.75) is 18.5 Å². The van der Waals surface area contributed by atoms with Crippen molar-refractivity contribution < 1.29 is 23.7 Å². The number of aromatic amines is 1. The molecule has 0 radical (unpaired) electrons. The molecule has 150 valence electrons. The summed E-state index contributed by atoms with van der Waals surface area (Å²) in [5.74, 6) is 2.08. The van der Waals surface area contributed by atoms with E-state index in [-0.39, 0.29) is 18.2 Å². The molecule has 1 fully saturated rings. The molecule has 2 aliphatic heterocycles. The van der Waals surface area contributed by atoms with Gasteiger partial charge in [-0.1, -0.05) is 6.07 Å². The quantitative estimate of drug-likeness (QED) is 0.731. The second kappa shape index (κ2) is 6.62. The number of methoxy groups -OCH3 is 3. The van der Waals surface area contributed by atoms with E-state index in [1.165, 1.54) is 5.56 Å². The Bertz CT molecular complexity index is 1110. The van der Waals surface area contributed by atoms with Crippen LogP contribution in [-0.2, 0) is 11.2 Å². The lowest BCUT2D eigenvalue weighted by atomic mass is 9.89. The van der Waals surface area contributed by atoms with Crippen LogP contribution in [0.5, 0.6) is 17.2 Å². The number of nitrogens with one attached hydrogen (secondary N) is 1. The molecule has 0 saturated carbocycles. The Kier molecular flexibility index (Phi) is 4.04. The molecule has 0 aliphatic carbocycles. The molecule has 1 saturated heterocycles. The number of carbonyl (C=O) groups excluding carboxylic acids is 1. The minimum atomic E-state index is -0.295. The summed E-state index contributed by atoms with van der Waals surface area (Å²) in [4.78, 5) is 18.0. The zero-order valence-electron chi connectivity index (χ0n) is 16.5. The van der Waals surface area contributed by atoms with Crippen LogP contribution < -0.4 is 14.2 Å². The first-order valence-electron chi connectivity index (χ1n) is 9.50. The Morgan fingerprint density at radius 1 is 1.03 bits per heavy atom. The van der Waals surface area contributed by atoms with Gasteiger partial charge in [0.2, 0.25) is 0 Å². The molecule has 5 rings (SSSR count). The number of fused-ring (bicyclic) bond motifs is 4. The largest absolute Gasteiger partial charge is 0.497 e. The number of cyclic esters (lactones) is 1. The van der Waals surface area contributed by atoms with Crippen LogP contribution in [0.2, 0.25) is 0 Å². The van der Waals surface area contributed by atoms with Gasteiger partial charge in [0.25, 0.3) is 0 Å². The minimum Gasteiger partial charge on any atom is -0.497 e. The number of nitrogens with zero attached hydrogens (tertiary/aromatic N) is 1. The van der Waals surface area contributed by atoms with E-state index in [0.29, 0.717) is 18.1 Å². The fraction of sp³-hybridized carbons (Fsp3) is 0.318. The van der Waals surface area contributed by atoms with Crippen LogP contribution in [0, 0.1) is 0 Å². The lowest BCUT2D eigenvalue weighted by molar-refractivity contribution is 0.147. The highest BCUT2D eigenvalue weighted by Gasteiger charge is 2.45. The standard InChI is InChI=1S/C22H22N2O5/c1-26-14-5-6-17-15(10-14)16-9-13-11-29-22(25)24(13)21(20(16)23-17)12-4-7-18(27-2)19(8-12)28-3/h4-8,10,13,21,23H,9,11H2,1-3H3. The Hall–Kier alpha value is -3.35. The Morgan fingerprint density at radius 2 is 1.86 bits per heavy atom. The fourth-order valence-corrected chi connectivity index (χ4v) is 4.50. The Morgan fingerprint density at radius 3 is 2.62 bits per heavy atom. The highest BCUT2D eigenvalue weighted by molar-refractivity contribution is 5.87. The SMILES string of the molecule is COc1ccc2[nH]c3c(c2c1)CC1COC(=O)N1C3c1ccc(OC)c(OC)c1. The van der Waals surface area contributed by atoms with Crippen LogP contribution in [0.25, 0.3) is 10.9 Å². The second-order valence-corrected chi connectivity index (χ2v) is 7.29. The van der Waals surface area contributed by atoms with E-state index in [1.54, 1.807) is 21.3 Å². The van der Waals surface area contributed by atoms with Gasteiger partial charge >= 0.3 is 6.09 Å². The predicted octanol–water partition coefficient (Wildman–Crippen LogP) is 3.66. The van der Waals surface area contributed by atoms with E-state index in [2.05, 4.69) is 4.98 Å². The lowest BCUT2D eigenvalue weighted by Gasteiger charge is -2.35. The van der Waals surface area contributed by atoms with Crippen molar-refractivity contribution in [3.05, 3.63) is 53.2 Å². The first kappa shape index (κ1) is 17.7. The van der Waals surface area contributed by atoms with Crippen molar-refractivity contribution >= 4 is 17.0 Å². The van der Waals surface area contributed by atoms with Crippen LogP contribution in [0.1, 0.15) is 22.9 Å². The molecule has 29 heavy (non-hydrogen) atoms. The smallest absolute Gasteiger partial charge is 0.411 e. The highest BCUT2D eigenvalue weighted by Crippen LogP contribution is 2.45. The van der Waals surface area contributed by atoms with Gasteiger partial charge in [0.15, 0.2) is 11.5 Å². The van der Waals surface area contributed by atoms with E-state index in [1.807, 2.05) is 41.3 Å². The van der Waals surface area contributed by atoms with Crippen molar-refractivity contribution in [2.75, 3.05) is 27.9 Å². The molecular weight excluding hydrogens is 372 g/mol. The van der Waals surface area contributed by atoms with Crippen molar-refractivity contribution in [1.29, 1.82) is 0 Å². The van der Waals surface area contributed by atoms with Crippen molar-refractivity contribution in [2.24, 2.45) is 0 Å². The average molecular weight is 394 g/mol. The maximum atomic E-state index is 12.6. The maximum Gasteiger partial charge on any atom is 0.411 e. The van der Waals surface area contributed by atoms with Crippen LogP contribution in [0.4, 0.5) is 4.79 Å². The number of carbonyl (C=O) groups is 1. The van der Waals surface area contributed by atoms with Gasteiger partial charge in [-0.05, 0) is 47.9 Å². The number of benzene rings is 2. The van der Waals surface area contributed by atoms with E-state index in [4.69, 9.17) is 18.9 Å². The molecule has 0 bridgehead atoms. The first-order valence-corrected chi connectivity index (χ1v) is 9.50. The number of amides is 1.